The molecule has 0 fully saturated rings. The zero-order valence-corrected chi connectivity index (χ0v) is 12.7. The highest BCUT2D eigenvalue weighted by atomic mass is 35.5. The van der Waals surface area contributed by atoms with E-state index in [1.54, 1.807) is 0 Å². The third-order valence-electron chi connectivity index (χ3n) is 3.12. The summed E-state index contributed by atoms with van der Waals surface area (Å²) in [6, 6.07) is 15.9. The standard InChI is InChI=1S/C16H15Cl3/c17-11-13(9-12-5-7-15(18)8-6-12)10-14-3-1-2-4-16(14)19/h1-8,13H,9-11H2. The summed E-state index contributed by atoms with van der Waals surface area (Å²) in [7, 11) is 0. The highest BCUT2D eigenvalue weighted by Crippen LogP contribution is 2.22. The molecule has 2 aromatic carbocycles. The lowest BCUT2D eigenvalue weighted by molar-refractivity contribution is 0.584. The highest BCUT2D eigenvalue weighted by Gasteiger charge is 2.11. The summed E-state index contributed by atoms with van der Waals surface area (Å²) in [5.41, 5.74) is 2.41. The fourth-order valence-electron chi connectivity index (χ4n) is 2.11. The summed E-state index contributed by atoms with van der Waals surface area (Å²) in [6.45, 7) is 0. The number of alkyl halides is 1. The Morgan fingerprint density at radius 3 is 2.16 bits per heavy atom. The van der Waals surface area contributed by atoms with Gasteiger partial charge in [-0.25, -0.2) is 0 Å². The minimum Gasteiger partial charge on any atom is -0.126 e. The lowest BCUT2D eigenvalue weighted by Gasteiger charge is -2.15. The predicted molar refractivity (Wildman–Crippen MR) is 84.5 cm³/mol. The van der Waals surface area contributed by atoms with E-state index >= 15 is 0 Å². The molecule has 2 rings (SSSR count). The van der Waals surface area contributed by atoms with Crippen LogP contribution in [0.25, 0.3) is 0 Å². The largest absolute Gasteiger partial charge is 0.126 e. The van der Waals surface area contributed by atoms with Gasteiger partial charge in [-0.05, 0) is 48.1 Å². The van der Waals surface area contributed by atoms with Crippen molar-refractivity contribution in [2.45, 2.75) is 12.8 Å². The van der Waals surface area contributed by atoms with E-state index in [-0.39, 0.29) is 0 Å². The molecular formula is C16H15Cl3. The normalized spacial score (nSPS) is 12.4. The highest BCUT2D eigenvalue weighted by molar-refractivity contribution is 6.31. The lowest BCUT2D eigenvalue weighted by atomic mass is 9.94. The van der Waals surface area contributed by atoms with Crippen molar-refractivity contribution in [3.05, 3.63) is 69.7 Å². The molecule has 0 aliphatic rings. The van der Waals surface area contributed by atoms with Crippen molar-refractivity contribution in [1.82, 2.24) is 0 Å². The first-order chi connectivity index (χ1) is 9.19. The number of hydrogen-bond acceptors (Lipinski definition) is 0. The van der Waals surface area contributed by atoms with Crippen molar-refractivity contribution in [3.8, 4) is 0 Å². The van der Waals surface area contributed by atoms with Crippen LogP contribution in [0.4, 0.5) is 0 Å². The number of hydrogen-bond donors (Lipinski definition) is 0. The van der Waals surface area contributed by atoms with Crippen LogP contribution in [-0.4, -0.2) is 5.88 Å². The van der Waals surface area contributed by atoms with E-state index in [2.05, 4.69) is 18.2 Å². The maximum absolute atomic E-state index is 6.19. The summed E-state index contributed by atoms with van der Waals surface area (Å²) in [4.78, 5) is 0. The van der Waals surface area contributed by atoms with Gasteiger partial charge >= 0.3 is 0 Å². The summed E-state index contributed by atoms with van der Waals surface area (Å²) >= 11 is 18.2. The van der Waals surface area contributed by atoms with Crippen molar-refractivity contribution in [2.75, 3.05) is 5.88 Å². The summed E-state index contributed by atoms with van der Waals surface area (Å²) in [5.74, 6) is 0.996. The third-order valence-corrected chi connectivity index (χ3v) is 4.18. The topological polar surface area (TPSA) is 0 Å². The van der Waals surface area contributed by atoms with Gasteiger partial charge in [0.15, 0.2) is 0 Å². The van der Waals surface area contributed by atoms with Gasteiger partial charge in [0.2, 0.25) is 0 Å². The van der Waals surface area contributed by atoms with E-state index in [9.17, 15) is 0 Å². The average Bonchev–Trinajstić information content (AvgIpc) is 2.43. The molecule has 1 atom stereocenters. The molecule has 0 bridgehead atoms. The van der Waals surface area contributed by atoms with Crippen molar-refractivity contribution in [3.63, 3.8) is 0 Å². The molecule has 0 N–H and O–H groups in total. The quantitative estimate of drug-likeness (QED) is 0.627. The Bertz CT molecular complexity index is 520. The molecule has 3 heteroatoms. The van der Waals surface area contributed by atoms with Crippen LogP contribution in [0.5, 0.6) is 0 Å². The van der Waals surface area contributed by atoms with E-state index in [0.29, 0.717) is 11.8 Å². The van der Waals surface area contributed by atoms with Crippen LogP contribution in [0.1, 0.15) is 11.1 Å². The summed E-state index contributed by atoms with van der Waals surface area (Å²) in [5, 5.41) is 1.58. The number of rotatable bonds is 5. The van der Waals surface area contributed by atoms with Gasteiger partial charge in [0, 0.05) is 15.9 Å². The summed E-state index contributed by atoms with van der Waals surface area (Å²) < 4.78 is 0. The van der Waals surface area contributed by atoms with E-state index < -0.39 is 0 Å². The van der Waals surface area contributed by atoms with E-state index in [1.165, 1.54) is 5.56 Å². The Morgan fingerprint density at radius 2 is 1.53 bits per heavy atom. The predicted octanol–water partition coefficient (Wildman–Crippen LogP) is 5.63. The van der Waals surface area contributed by atoms with Crippen LogP contribution in [0.2, 0.25) is 10.0 Å². The molecule has 0 spiro atoms. The van der Waals surface area contributed by atoms with Gasteiger partial charge in [0.25, 0.3) is 0 Å². The maximum Gasteiger partial charge on any atom is 0.0438 e. The van der Waals surface area contributed by atoms with Gasteiger partial charge in [-0.1, -0.05) is 53.5 Å². The van der Waals surface area contributed by atoms with Crippen LogP contribution >= 0.6 is 34.8 Å². The molecule has 0 saturated carbocycles. The smallest absolute Gasteiger partial charge is 0.0438 e. The molecule has 0 saturated heterocycles. The van der Waals surface area contributed by atoms with Crippen LogP contribution in [0.15, 0.2) is 48.5 Å². The molecule has 1 unspecified atom stereocenters. The first-order valence-electron chi connectivity index (χ1n) is 6.23. The monoisotopic (exact) mass is 312 g/mol. The minimum absolute atomic E-state index is 0.378. The Kier molecular flexibility index (Phi) is 5.57. The Hall–Kier alpha value is -0.690. The molecule has 0 nitrogen and oxygen atoms in total. The lowest BCUT2D eigenvalue weighted by Crippen LogP contribution is -2.10. The van der Waals surface area contributed by atoms with Crippen molar-refractivity contribution < 1.29 is 0 Å². The van der Waals surface area contributed by atoms with Gasteiger partial charge in [0.05, 0.1) is 0 Å². The molecule has 0 amide bonds. The van der Waals surface area contributed by atoms with E-state index in [4.69, 9.17) is 34.8 Å². The molecule has 0 heterocycles. The van der Waals surface area contributed by atoms with Gasteiger partial charge in [-0.2, -0.15) is 0 Å². The van der Waals surface area contributed by atoms with Crippen molar-refractivity contribution >= 4 is 34.8 Å². The van der Waals surface area contributed by atoms with E-state index in [1.807, 2.05) is 30.3 Å². The third kappa shape index (κ3) is 4.42. The van der Waals surface area contributed by atoms with Crippen LogP contribution in [0, 0.1) is 5.92 Å². The Labute approximate surface area is 129 Å². The first-order valence-corrected chi connectivity index (χ1v) is 7.52. The fraction of sp³-hybridized carbons (Fsp3) is 0.250. The van der Waals surface area contributed by atoms with Crippen LogP contribution < -0.4 is 0 Å². The first kappa shape index (κ1) is 14.7. The molecular weight excluding hydrogens is 299 g/mol. The average molecular weight is 314 g/mol. The SMILES string of the molecule is ClCC(Cc1ccc(Cl)cc1)Cc1ccccc1Cl. The molecule has 2 aromatic rings. The van der Waals surface area contributed by atoms with Gasteiger partial charge < -0.3 is 0 Å². The molecule has 19 heavy (non-hydrogen) atoms. The second kappa shape index (κ2) is 7.19. The molecule has 0 aromatic heterocycles. The Morgan fingerprint density at radius 1 is 0.842 bits per heavy atom. The van der Waals surface area contributed by atoms with Crippen molar-refractivity contribution in [2.24, 2.45) is 5.92 Å². The van der Waals surface area contributed by atoms with Gasteiger partial charge in [-0.3, -0.25) is 0 Å². The molecule has 100 valence electrons. The summed E-state index contributed by atoms with van der Waals surface area (Å²) in [6.07, 6.45) is 1.83. The maximum atomic E-state index is 6.19. The molecule has 0 aliphatic carbocycles. The van der Waals surface area contributed by atoms with Gasteiger partial charge in [0.1, 0.15) is 0 Å². The molecule has 0 aliphatic heterocycles. The Balaban J connectivity index is 2.05. The second-order valence-corrected chi connectivity index (χ2v) is 5.80. The van der Waals surface area contributed by atoms with Crippen LogP contribution in [0.3, 0.4) is 0 Å². The van der Waals surface area contributed by atoms with Gasteiger partial charge in [-0.15, -0.1) is 11.6 Å². The molecule has 0 radical (unpaired) electrons. The fourth-order valence-corrected chi connectivity index (χ4v) is 2.67. The van der Waals surface area contributed by atoms with Crippen molar-refractivity contribution in [1.29, 1.82) is 0 Å². The zero-order chi connectivity index (χ0) is 13.7. The zero-order valence-electron chi connectivity index (χ0n) is 10.5. The van der Waals surface area contributed by atoms with E-state index in [0.717, 1.165) is 28.5 Å². The number of benzene rings is 2. The minimum atomic E-state index is 0.378. The van der Waals surface area contributed by atoms with Crippen LogP contribution in [-0.2, 0) is 12.8 Å². The number of halogens is 3. The second-order valence-electron chi connectivity index (χ2n) is 4.65.